The average Bonchev–Trinajstić information content (AvgIpc) is 2.51. The number of hydrogen-bond acceptors (Lipinski definition) is 2. The van der Waals surface area contributed by atoms with Crippen LogP contribution in [0.4, 0.5) is 0 Å². The molecule has 1 N–H and O–H groups in total. The summed E-state index contributed by atoms with van der Waals surface area (Å²) in [5, 5.41) is 12.9. The zero-order valence-corrected chi connectivity index (χ0v) is 13.6. The summed E-state index contributed by atoms with van der Waals surface area (Å²) >= 11 is 3.57. The highest BCUT2D eigenvalue weighted by Crippen LogP contribution is 2.31. The second kappa shape index (κ2) is 5.58. The molecule has 0 radical (unpaired) electrons. The Balaban J connectivity index is 2.15. The molecule has 2 nitrogen and oxygen atoms in total. The van der Waals surface area contributed by atoms with Crippen LogP contribution in [0.25, 0.3) is 10.8 Å². The van der Waals surface area contributed by atoms with E-state index in [-0.39, 0.29) is 0 Å². The van der Waals surface area contributed by atoms with Crippen molar-refractivity contribution in [3.05, 3.63) is 75.5 Å². The molecule has 1 heterocycles. The van der Waals surface area contributed by atoms with Gasteiger partial charge in [0, 0.05) is 22.3 Å². The van der Waals surface area contributed by atoms with Crippen LogP contribution in [0.3, 0.4) is 0 Å². The first-order chi connectivity index (χ1) is 10.1. The quantitative estimate of drug-likeness (QED) is 0.733. The van der Waals surface area contributed by atoms with Gasteiger partial charge in [0.2, 0.25) is 0 Å². The summed E-state index contributed by atoms with van der Waals surface area (Å²) in [7, 11) is 0. The summed E-state index contributed by atoms with van der Waals surface area (Å²) in [5.41, 5.74) is 4.09. The van der Waals surface area contributed by atoms with Gasteiger partial charge in [-0.15, -0.1) is 0 Å². The van der Waals surface area contributed by atoms with Gasteiger partial charge in [-0.2, -0.15) is 0 Å². The number of aliphatic hydroxyl groups excluding tert-OH is 1. The van der Waals surface area contributed by atoms with Gasteiger partial charge in [0.05, 0.1) is 0 Å². The fourth-order valence-corrected chi connectivity index (χ4v) is 2.93. The number of hydrogen-bond donors (Lipinski definition) is 1. The minimum Gasteiger partial charge on any atom is -0.384 e. The Morgan fingerprint density at radius 2 is 1.81 bits per heavy atom. The normalized spacial score (nSPS) is 12.6. The number of aryl methyl sites for hydroxylation is 2. The minimum absolute atomic E-state index is 0.637. The maximum Gasteiger partial charge on any atom is 0.105 e. The number of aromatic nitrogens is 1. The van der Waals surface area contributed by atoms with Crippen molar-refractivity contribution in [2.75, 3.05) is 0 Å². The Morgan fingerprint density at radius 1 is 1.10 bits per heavy atom. The molecule has 0 aliphatic heterocycles. The first kappa shape index (κ1) is 14.2. The van der Waals surface area contributed by atoms with Gasteiger partial charge in [-0.25, -0.2) is 0 Å². The van der Waals surface area contributed by atoms with Crippen molar-refractivity contribution >= 4 is 26.7 Å². The first-order valence-electron chi connectivity index (χ1n) is 6.85. The van der Waals surface area contributed by atoms with Crippen LogP contribution in [0.1, 0.15) is 28.4 Å². The summed E-state index contributed by atoms with van der Waals surface area (Å²) in [5.74, 6) is 0. The van der Waals surface area contributed by atoms with Crippen molar-refractivity contribution in [3.63, 3.8) is 0 Å². The molecule has 3 heteroatoms. The van der Waals surface area contributed by atoms with Gasteiger partial charge in [-0.3, -0.25) is 4.98 Å². The van der Waals surface area contributed by atoms with Crippen LogP contribution < -0.4 is 0 Å². The molecule has 2 aromatic carbocycles. The van der Waals surface area contributed by atoms with Gasteiger partial charge < -0.3 is 5.11 Å². The van der Waals surface area contributed by atoms with Crippen LogP contribution in [0.2, 0.25) is 0 Å². The molecule has 0 amide bonds. The predicted octanol–water partition coefficient (Wildman–Crippen LogP) is 4.70. The van der Waals surface area contributed by atoms with E-state index in [0.717, 1.165) is 37.5 Å². The Bertz CT molecular complexity index is 785. The second-order valence-electron chi connectivity index (χ2n) is 5.32. The van der Waals surface area contributed by atoms with Crippen LogP contribution in [0, 0.1) is 13.8 Å². The van der Waals surface area contributed by atoms with Gasteiger partial charge in [0.25, 0.3) is 0 Å². The largest absolute Gasteiger partial charge is 0.384 e. The zero-order valence-electron chi connectivity index (χ0n) is 12.0. The van der Waals surface area contributed by atoms with Gasteiger partial charge in [-0.1, -0.05) is 46.3 Å². The lowest BCUT2D eigenvalue weighted by Gasteiger charge is -2.16. The molecule has 1 unspecified atom stereocenters. The van der Waals surface area contributed by atoms with Gasteiger partial charge in [0.1, 0.15) is 6.10 Å². The molecule has 3 aromatic rings. The summed E-state index contributed by atoms with van der Waals surface area (Å²) in [6.07, 6.45) is 2.95. The van der Waals surface area contributed by atoms with Crippen LogP contribution in [-0.4, -0.2) is 10.1 Å². The van der Waals surface area contributed by atoms with Crippen molar-refractivity contribution in [1.82, 2.24) is 4.98 Å². The Morgan fingerprint density at radius 3 is 2.52 bits per heavy atom. The smallest absolute Gasteiger partial charge is 0.105 e. The lowest BCUT2D eigenvalue weighted by molar-refractivity contribution is 0.221. The maximum absolute atomic E-state index is 10.8. The van der Waals surface area contributed by atoms with E-state index >= 15 is 0 Å². The zero-order chi connectivity index (χ0) is 15.0. The number of nitrogens with zero attached hydrogens (tertiary/aromatic N) is 1. The molecule has 106 valence electrons. The molecule has 0 aliphatic carbocycles. The van der Waals surface area contributed by atoms with E-state index in [1.165, 1.54) is 0 Å². The van der Waals surface area contributed by atoms with Crippen LogP contribution in [0.15, 0.2) is 53.3 Å². The topological polar surface area (TPSA) is 33.1 Å². The summed E-state index contributed by atoms with van der Waals surface area (Å²) in [6, 6.07) is 12.0. The van der Waals surface area contributed by atoms with Crippen molar-refractivity contribution in [3.8, 4) is 0 Å². The number of rotatable bonds is 2. The third-order valence-electron chi connectivity index (χ3n) is 3.78. The van der Waals surface area contributed by atoms with Gasteiger partial charge in [0.15, 0.2) is 0 Å². The van der Waals surface area contributed by atoms with Crippen LogP contribution >= 0.6 is 15.9 Å². The molecule has 0 fully saturated rings. The SMILES string of the molecule is Cc1cc(C(O)c2cccc3cnccc23)cc(C)c1Br. The van der Waals surface area contributed by atoms with Crippen LogP contribution in [0.5, 0.6) is 0 Å². The molecule has 0 spiro atoms. The number of benzene rings is 2. The van der Waals surface area contributed by atoms with Gasteiger partial charge in [-0.05, 0) is 47.6 Å². The third kappa shape index (κ3) is 2.59. The minimum atomic E-state index is -0.637. The monoisotopic (exact) mass is 341 g/mol. The molecule has 0 saturated carbocycles. The van der Waals surface area contributed by atoms with Crippen molar-refractivity contribution < 1.29 is 5.11 Å². The molecule has 1 atom stereocenters. The Hall–Kier alpha value is -1.71. The molecule has 1 aromatic heterocycles. The highest BCUT2D eigenvalue weighted by atomic mass is 79.9. The first-order valence-corrected chi connectivity index (χ1v) is 7.64. The number of aliphatic hydroxyl groups is 1. The maximum atomic E-state index is 10.8. The fraction of sp³-hybridized carbons (Fsp3) is 0.167. The standard InChI is InChI=1S/C18H16BrNO/c1-11-8-14(9-12(2)17(11)19)18(21)16-5-3-4-13-10-20-7-6-15(13)16/h3-10,18,21H,1-2H3. The lowest BCUT2D eigenvalue weighted by atomic mass is 9.95. The number of pyridine rings is 1. The second-order valence-corrected chi connectivity index (χ2v) is 6.11. The molecular weight excluding hydrogens is 326 g/mol. The fourth-order valence-electron chi connectivity index (χ4n) is 2.70. The van der Waals surface area contributed by atoms with E-state index in [1.54, 1.807) is 6.20 Å². The molecule has 3 rings (SSSR count). The average molecular weight is 342 g/mol. The van der Waals surface area contributed by atoms with Gasteiger partial charge >= 0.3 is 0 Å². The molecule has 0 bridgehead atoms. The summed E-state index contributed by atoms with van der Waals surface area (Å²) in [4.78, 5) is 4.14. The highest BCUT2D eigenvalue weighted by Gasteiger charge is 2.15. The molecule has 21 heavy (non-hydrogen) atoms. The van der Waals surface area contributed by atoms with E-state index in [0.29, 0.717) is 0 Å². The molecular formula is C18H16BrNO. The highest BCUT2D eigenvalue weighted by molar-refractivity contribution is 9.10. The summed E-state index contributed by atoms with van der Waals surface area (Å²) < 4.78 is 1.10. The van der Waals surface area contributed by atoms with E-state index < -0.39 is 6.10 Å². The number of fused-ring (bicyclic) bond motifs is 1. The van der Waals surface area contributed by atoms with E-state index in [2.05, 4.69) is 20.9 Å². The Labute approximate surface area is 132 Å². The van der Waals surface area contributed by atoms with E-state index in [1.807, 2.05) is 56.4 Å². The molecule has 0 saturated heterocycles. The number of halogens is 1. The van der Waals surface area contributed by atoms with Crippen molar-refractivity contribution in [2.24, 2.45) is 0 Å². The molecule has 0 aliphatic rings. The van der Waals surface area contributed by atoms with E-state index in [9.17, 15) is 5.11 Å². The van der Waals surface area contributed by atoms with Crippen molar-refractivity contribution in [2.45, 2.75) is 20.0 Å². The Kier molecular flexibility index (Phi) is 3.79. The lowest BCUT2D eigenvalue weighted by Crippen LogP contribution is -2.02. The summed E-state index contributed by atoms with van der Waals surface area (Å²) in [6.45, 7) is 4.08. The van der Waals surface area contributed by atoms with Crippen molar-refractivity contribution in [1.29, 1.82) is 0 Å². The third-order valence-corrected chi connectivity index (χ3v) is 5.03. The predicted molar refractivity (Wildman–Crippen MR) is 89.4 cm³/mol. The van der Waals surface area contributed by atoms with Crippen LogP contribution in [-0.2, 0) is 0 Å². The van der Waals surface area contributed by atoms with E-state index in [4.69, 9.17) is 0 Å².